The highest BCUT2D eigenvalue weighted by Crippen LogP contribution is 2.24. The first-order valence-corrected chi connectivity index (χ1v) is 9.36. The molecule has 0 aliphatic rings. The summed E-state index contributed by atoms with van der Waals surface area (Å²) in [5.74, 6) is 0.263. The summed E-state index contributed by atoms with van der Waals surface area (Å²) < 4.78 is 28.5. The van der Waals surface area contributed by atoms with E-state index in [1.807, 2.05) is 24.3 Å². The lowest BCUT2D eigenvalue weighted by Crippen LogP contribution is -2.30. The minimum Gasteiger partial charge on any atom is -0.495 e. The van der Waals surface area contributed by atoms with E-state index >= 15 is 0 Å². The van der Waals surface area contributed by atoms with Crippen LogP contribution < -0.4 is 15.2 Å². The van der Waals surface area contributed by atoms with Crippen molar-refractivity contribution in [3.05, 3.63) is 59.7 Å². The number of benzene rings is 2. The zero-order valence-corrected chi connectivity index (χ0v) is 16.2. The number of sulfonamides is 1. The first kappa shape index (κ1) is 21.4. The third kappa shape index (κ3) is 6.01. The maximum atomic E-state index is 11.7. The van der Waals surface area contributed by atoms with Gasteiger partial charge >= 0.3 is 0 Å². The molecule has 138 valence electrons. The summed E-state index contributed by atoms with van der Waals surface area (Å²) in [6, 6.07) is 15.6. The Balaban J connectivity index is 0.00000312. The number of nitrogens with one attached hydrogen (secondary N) is 1. The van der Waals surface area contributed by atoms with E-state index in [1.165, 1.54) is 12.7 Å². The summed E-state index contributed by atoms with van der Waals surface area (Å²) in [6.45, 7) is 4.18. The molecule has 0 saturated heterocycles. The molecule has 0 bridgehead atoms. The van der Waals surface area contributed by atoms with Crippen LogP contribution in [0.1, 0.15) is 31.0 Å². The molecule has 0 unspecified atom stereocenters. The van der Waals surface area contributed by atoms with Crippen molar-refractivity contribution in [2.24, 2.45) is 5.14 Å². The number of ether oxygens (including phenoxy) is 1. The van der Waals surface area contributed by atoms with Crippen LogP contribution in [0.15, 0.2) is 53.4 Å². The molecule has 2 rings (SSSR count). The second-order valence-corrected chi connectivity index (χ2v) is 7.46. The van der Waals surface area contributed by atoms with Crippen LogP contribution >= 0.6 is 12.4 Å². The van der Waals surface area contributed by atoms with Gasteiger partial charge in [-0.2, -0.15) is 0 Å². The molecule has 2 atom stereocenters. The van der Waals surface area contributed by atoms with Gasteiger partial charge in [0, 0.05) is 12.1 Å². The van der Waals surface area contributed by atoms with Crippen LogP contribution in [0, 0.1) is 0 Å². The Bertz CT molecular complexity index is 782. The molecule has 0 radical (unpaired) electrons. The van der Waals surface area contributed by atoms with Crippen LogP contribution in [0.3, 0.4) is 0 Å². The Morgan fingerprint density at radius 2 is 1.76 bits per heavy atom. The summed E-state index contributed by atoms with van der Waals surface area (Å²) in [5, 5.41) is 8.79. The van der Waals surface area contributed by atoms with Crippen LogP contribution in [-0.2, 0) is 16.4 Å². The number of rotatable bonds is 7. The smallest absolute Gasteiger partial charge is 0.241 e. The van der Waals surface area contributed by atoms with Crippen molar-refractivity contribution in [1.29, 1.82) is 0 Å². The highest BCUT2D eigenvalue weighted by molar-refractivity contribution is 7.89. The van der Waals surface area contributed by atoms with E-state index in [0.29, 0.717) is 6.42 Å². The topological polar surface area (TPSA) is 81.4 Å². The molecule has 0 heterocycles. The first-order chi connectivity index (χ1) is 11.3. The molecule has 2 aromatic rings. The fourth-order valence-electron chi connectivity index (χ4n) is 2.75. The SMILES string of the molecule is COc1ccc(C[C@H](C)N[C@H](C)c2ccccc2)cc1S(N)(=O)=O.Cl. The molecule has 0 amide bonds. The lowest BCUT2D eigenvalue weighted by molar-refractivity contribution is 0.402. The standard InChI is InChI=1S/C18H24N2O3S.ClH/c1-13(20-14(2)16-7-5-4-6-8-16)11-15-9-10-17(23-3)18(12-15)24(19,21)22;/h4-10,12-14,20H,11H2,1-3H3,(H2,19,21,22);1H/t13-,14+;/m0./s1. The van der Waals surface area contributed by atoms with E-state index in [4.69, 9.17) is 9.88 Å². The molecule has 0 aliphatic heterocycles. The molecular formula is C18H25ClN2O3S. The first-order valence-electron chi connectivity index (χ1n) is 7.82. The summed E-state index contributed by atoms with van der Waals surface area (Å²) in [4.78, 5) is 0.0193. The highest BCUT2D eigenvalue weighted by Gasteiger charge is 2.17. The van der Waals surface area contributed by atoms with Gasteiger partial charge in [-0.3, -0.25) is 0 Å². The fourth-order valence-corrected chi connectivity index (χ4v) is 3.50. The van der Waals surface area contributed by atoms with Gasteiger partial charge in [0.05, 0.1) is 7.11 Å². The van der Waals surface area contributed by atoms with E-state index in [0.717, 1.165) is 5.56 Å². The second-order valence-electron chi connectivity index (χ2n) is 5.93. The van der Waals surface area contributed by atoms with Crippen molar-refractivity contribution in [3.63, 3.8) is 0 Å². The molecule has 0 aromatic heterocycles. The lowest BCUT2D eigenvalue weighted by atomic mass is 10.0. The maximum Gasteiger partial charge on any atom is 0.241 e. The molecule has 25 heavy (non-hydrogen) atoms. The summed E-state index contributed by atoms with van der Waals surface area (Å²) in [5.41, 5.74) is 2.10. The molecule has 0 spiro atoms. The van der Waals surface area contributed by atoms with Gasteiger partial charge < -0.3 is 10.1 Å². The average Bonchev–Trinajstić information content (AvgIpc) is 2.54. The van der Waals surface area contributed by atoms with E-state index in [2.05, 4.69) is 31.3 Å². The summed E-state index contributed by atoms with van der Waals surface area (Å²) >= 11 is 0. The van der Waals surface area contributed by atoms with Crippen LogP contribution in [0.4, 0.5) is 0 Å². The van der Waals surface area contributed by atoms with Crippen molar-refractivity contribution in [1.82, 2.24) is 5.32 Å². The Labute approximate surface area is 156 Å². The van der Waals surface area contributed by atoms with Gasteiger partial charge in [-0.05, 0) is 43.5 Å². The number of halogens is 1. The quantitative estimate of drug-likeness (QED) is 0.768. The van der Waals surface area contributed by atoms with Gasteiger partial charge in [0.1, 0.15) is 10.6 Å². The number of hydrogen-bond acceptors (Lipinski definition) is 4. The van der Waals surface area contributed by atoms with Crippen LogP contribution in [0.2, 0.25) is 0 Å². The second kappa shape index (κ2) is 9.20. The highest BCUT2D eigenvalue weighted by atomic mass is 35.5. The van der Waals surface area contributed by atoms with Crippen molar-refractivity contribution in [2.45, 2.75) is 37.2 Å². The van der Waals surface area contributed by atoms with Crippen LogP contribution in [-0.4, -0.2) is 21.6 Å². The number of hydrogen-bond donors (Lipinski definition) is 2. The Morgan fingerprint density at radius 3 is 2.32 bits per heavy atom. The molecule has 5 nitrogen and oxygen atoms in total. The van der Waals surface area contributed by atoms with Crippen molar-refractivity contribution >= 4 is 22.4 Å². The molecule has 3 N–H and O–H groups in total. The molecule has 0 fully saturated rings. The largest absolute Gasteiger partial charge is 0.495 e. The third-order valence-electron chi connectivity index (χ3n) is 3.91. The maximum absolute atomic E-state index is 11.7. The molecule has 0 saturated carbocycles. The minimum atomic E-state index is -3.82. The van der Waals surface area contributed by atoms with Crippen LogP contribution in [0.5, 0.6) is 5.75 Å². The molecule has 0 aliphatic carbocycles. The Kier molecular flexibility index (Phi) is 7.89. The van der Waals surface area contributed by atoms with Crippen LogP contribution in [0.25, 0.3) is 0 Å². The van der Waals surface area contributed by atoms with Gasteiger partial charge in [-0.15, -0.1) is 12.4 Å². The predicted molar refractivity (Wildman–Crippen MR) is 103 cm³/mol. The van der Waals surface area contributed by atoms with Gasteiger partial charge in [0.15, 0.2) is 0 Å². The van der Waals surface area contributed by atoms with Crippen molar-refractivity contribution < 1.29 is 13.2 Å². The summed E-state index contributed by atoms with van der Waals surface area (Å²) in [6.07, 6.45) is 0.684. The van der Waals surface area contributed by atoms with Crippen molar-refractivity contribution in [3.8, 4) is 5.75 Å². The van der Waals surface area contributed by atoms with Gasteiger partial charge in [-0.1, -0.05) is 36.4 Å². The van der Waals surface area contributed by atoms with E-state index in [1.54, 1.807) is 12.1 Å². The number of nitrogens with two attached hydrogens (primary N) is 1. The fraction of sp³-hybridized carbons (Fsp3) is 0.333. The van der Waals surface area contributed by atoms with E-state index in [9.17, 15) is 8.42 Å². The zero-order valence-electron chi connectivity index (χ0n) is 14.6. The average molecular weight is 385 g/mol. The lowest BCUT2D eigenvalue weighted by Gasteiger charge is -2.21. The number of primary sulfonamides is 1. The molecule has 2 aromatic carbocycles. The van der Waals surface area contributed by atoms with Gasteiger partial charge in [-0.25, -0.2) is 13.6 Å². The summed E-state index contributed by atoms with van der Waals surface area (Å²) in [7, 11) is -2.39. The molecular weight excluding hydrogens is 360 g/mol. The predicted octanol–water partition coefficient (Wildman–Crippen LogP) is 3.05. The third-order valence-corrected chi connectivity index (χ3v) is 4.84. The van der Waals surface area contributed by atoms with Crippen molar-refractivity contribution in [2.75, 3.05) is 7.11 Å². The minimum absolute atomic E-state index is 0. The number of methoxy groups -OCH3 is 1. The van der Waals surface area contributed by atoms with E-state index < -0.39 is 10.0 Å². The van der Waals surface area contributed by atoms with Gasteiger partial charge in [0.2, 0.25) is 10.0 Å². The zero-order chi connectivity index (χ0) is 17.7. The van der Waals surface area contributed by atoms with Gasteiger partial charge in [0.25, 0.3) is 0 Å². The van der Waals surface area contributed by atoms with E-state index in [-0.39, 0.29) is 35.1 Å². The normalized spacial score (nSPS) is 13.6. The monoisotopic (exact) mass is 384 g/mol. The Hall–Kier alpha value is -1.60. The Morgan fingerprint density at radius 1 is 1.12 bits per heavy atom. The molecule has 7 heteroatoms.